The molecular weight excluding hydrogens is 306 g/mol. The number of H-pyrrole nitrogens is 1. The molecule has 0 bridgehead atoms. The largest absolute Gasteiger partial charge is 0.381 e. The Balaban J connectivity index is 1.50. The van der Waals surface area contributed by atoms with E-state index in [9.17, 15) is 9.90 Å². The highest BCUT2D eigenvalue weighted by atomic mass is 16.3. The van der Waals surface area contributed by atoms with Gasteiger partial charge in [-0.15, -0.1) is 0 Å². The second-order valence-electron chi connectivity index (χ2n) is 6.00. The maximum Gasteiger partial charge on any atom is 0.253 e. The quantitative estimate of drug-likeness (QED) is 0.761. The zero-order valence-corrected chi connectivity index (χ0v) is 13.0. The van der Waals surface area contributed by atoms with Gasteiger partial charge in [0, 0.05) is 36.6 Å². The average molecular weight is 323 g/mol. The Morgan fingerprint density at radius 3 is 2.62 bits per heavy atom. The van der Waals surface area contributed by atoms with Crippen molar-refractivity contribution in [3.63, 3.8) is 0 Å². The highest BCUT2D eigenvalue weighted by Crippen LogP contribution is 2.31. The summed E-state index contributed by atoms with van der Waals surface area (Å²) in [6, 6.07) is 11.3. The van der Waals surface area contributed by atoms with Gasteiger partial charge in [0.15, 0.2) is 0 Å². The van der Waals surface area contributed by atoms with E-state index in [-0.39, 0.29) is 12.5 Å². The number of nitrogens with one attached hydrogen (secondary N) is 1. The van der Waals surface area contributed by atoms with Gasteiger partial charge in [-0.3, -0.25) is 4.79 Å². The molecule has 7 heteroatoms. The summed E-state index contributed by atoms with van der Waals surface area (Å²) in [5.74, 6) is -0.0894. The molecule has 1 aliphatic rings. The van der Waals surface area contributed by atoms with Gasteiger partial charge in [0.1, 0.15) is 11.3 Å². The number of benzene rings is 1. The summed E-state index contributed by atoms with van der Waals surface area (Å²) in [5.41, 5.74) is 0.946. The minimum atomic E-state index is -1.13. The molecule has 4 rings (SSSR count). The Hall–Kier alpha value is -2.93. The van der Waals surface area contributed by atoms with Crippen LogP contribution in [0.1, 0.15) is 22.5 Å². The fraction of sp³-hybridized carbons (Fsp3) is 0.235. The molecule has 24 heavy (non-hydrogen) atoms. The smallest absolute Gasteiger partial charge is 0.253 e. The zero-order chi connectivity index (χ0) is 16.6. The van der Waals surface area contributed by atoms with E-state index in [4.69, 9.17) is 0 Å². The maximum atomic E-state index is 12.7. The van der Waals surface area contributed by atoms with E-state index in [1.165, 1.54) is 6.20 Å². The normalized spacial score (nSPS) is 20.5. The number of hydrogen-bond acceptors (Lipinski definition) is 4. The van der Waals surface area contributed by atoms with Gasteiger partial charge in [0.2, 0.25) is 0 Å². The van der Waals surface area contributed by atoms with Crippen molar-refractivity contribution in [2.24, 2.45) is 0 Å². The lowest BCUT2D eigenvalue weighted by atomic mass is 10.00. The SMILES string of the molecule is O=C(c1ccc(-n2cccc2)cc1)N1CCC(O)(c2cn[nH]n2)C1. The maximum absolute atomic E-state index is 12.7. The van der Waals surface area contributed by atoms with Crippen molar-refractivity contribution < 1.29 is 9.90 Å². The molecule has 2 N–H and O–H groups in total. The third-order valence-corrected chi connectivity index (χ3v) is 4.44. The summed E-state index contributed by atoms with van der Waals surface area (Å²) >= 11 is 0. The predicted octanol–water partition coefficient (Wildman–Crippen LogP) is 1.33. The van der Waals surface area contributed by atoms with Crippen molar-refractivity contribution in [2.75, 3.05) is 13.1 Å². The first-order valence-corrected chi connectivity index (χ1v) is 7.77. The summed E-state index contributed by atoms with van der Waals surface area (Å²) in [6.45, 7) is 0.708. The summed E-state index contributed by atoms with van der Waals surface area (Å²) in [4.78, 5) is 14.3. The highest BCUT2D eigenvalue weighted by Gasteiger charge is 2.41. The van der Waals surface area contributed by atoms with E-state index < -0.39 is 5.60 Å². The number of β-amino-alcohol motifs (C(OH)–C–C–N with tert-alkyl or cyclic N) is 1. The number of carbonyl (C=O) groups excluding carboxylic acids is 1. The molecule has 0 radical (unpaired) electrons. The molecule has 1 fully saturated rings. The first kappa shape index (κ1) is 14.6. The molecule has 1 saturated heterocycles. The van der Waals surface area contributed by atoms with Crippen LogP contribution < -0.4 is 0 Å². The van der Waals surface area contributed by atoms with Crippen LogP contribution in [0.3, 0.4) is 0 Å². The van der Waals surface area contributed by atoms with Crippen molar-refractivity contribution in [3.05, 3.63) is 66.2 Å². The zero-order valence-electron chi connectivity index (χ0n) is 13.0. The fourth-order valence-electron chi connectivity index (χ4n) is 3.07. The first-order valence-electron chi connectivity index (χ1n) is 7.77. The van der Waals surface area contributed by atoms with Crippen LogP contribution in [0, 0.1) is 0 Å². The Labute approximate surface area is 138 Å². The number of amides is 1. The standard InChI is InChI=1S/C17H17N5O2/c23-16(13-3-5-14(6-4-13)21-8-1-2-9-21)22-10-7-17(24,12-22)15-11-18-20-19-15/h1-6,8-9,11,24H,7,10,12H2,(H,18,19,20). The lowest BCUT2D eigenvalue weighted by molar-refractivity contribution is 0.0382. The molecule has 1 amide bonds. The minimum Gasteiger partial charge on any atom is -0.381 e. The molecule has 3 aromatic rings. The molecule has 3 heterocycles. The van der Waals surface area contributed by atoms with E-state index >= 15 is 0 Å². The van der Waals surface area contributed by atoms with Crippen LogP contribution in [0.15, 0.2) is 55.0 Å². The van der Waals surface area contributed by atoms with Gasteiger partial charge in [0.25, 0.3) is 5.91 Å². The molecule has 0 aliphatic carbocycles. The predicted molar refractivity (Wildman–Crippen MR) is 86.6 cm³/mol. The second-order valence-corrected chi connectivity index (χ2v) is 6.00. The number of aliphatic hydroxyl groups is 1. The molecule has 1 atom stereocenters. The number of carbonyl (C=O) groups is 1. The van der Waals surface area contributed by atoms with Gasteiger partial charge in [-0.1, -0.05) is 0 Å². The van der Waals surface area contributed by atoms with Crippen molar-refractivity contribution in [3.8, 4) is 5.69 Å². The summed E-state index contributed by atoms with van der Waals surface area (Å²) in [5, 5.41) is 20.9. The van der Waals surface area contributed by atoms with Crippen LogP contribution in [-0.2, 0) is 5.60 Å². The third kappa shape index (κ3) is 2.48. The van der Waals surface area contributed by atoms with Gasteiger partial charge in [-0.25, -0.2) is 0 Å². The Morgan fingerprint density at radius 1 is 1.21 bits per heavy atom. The minimum absolute atomic E-state index is 0.0894. The first-order chi connectivity index (χ1) is 11.7. The highest BCUT2D eigenvalue weighted by molar-refractivity contribution is 5.94. The van der Waals surface area contributed by atoms with Crippen LogP contribution >= 0.6 is 0 Å². The molecule has 7 nitrogen and oxygen atoms in total. The van der Waals surface area contributed by atoms with E-state index in [2.05, 4.69) is 15.4 Å². The van der Waals surface area contributed by atoms with Crippen molar-refractivity contribution in [1.82, 2.24) is 24.9 Å². The Bertz CT molecular complexity index is 827. The third-order valence-electron chi connectivity index (χ3n) is 4.44. The van der Waals surface area contributed by atoms with Crippen LogP contribution in [0.5, 0.6) is 0 Å². The second kappa shape index (κ2) is 5.61. The summed E-state index contributed by atoms with van der Waals surface area (Å²) in [7, 11) is 0. The molecule has 0 saturated carbocycles. The van der Waals surface area contributed by atoms with Crippen LogP contribution in [0.25, 0.3) is 5.69 Å². The molecule has 2 aromatic heterocycles. The van der Waals surface area contributed by atoms with Crippen molar-refractivity contribution in [1.29, 1.82) is 0 Å². The van der Waals surface area contributed by atoms with E-state index in [0.717, 1.165) is 5.69 Å². The van der Waals surface area contributed by atoms with Crippen LogP contribution in [0.4, 0.5) is 0 Å². The average Bonchev–Trinajstić information content (AvgIpc) is 3.35. The van der Waals surface area contributed by atoms with Gasteiger partial charge < -0.3 is 14.6 Å². The number of nitrogens with zero attached hydrogens (tertiary/aromatic N) is 4. The van der Waals surface area contributed by atoms with E-state index in [1.807, 2.05) is 53.4 Å². The lowest BCUT2D eigenvalue weighted by Gasteiger charge is -2.21. The van der Waals surface area contributed by atoms with E-state index in [1.54, 1.807) is 4.90 Å². The van der Waals surface area contributed by atoms with Gasteiger partial charge in [-0.2, -0.15) is 15.4 Å². The fourth-order valence-corrected chi connectivity index (χ4v) is 3.07. The molecule has 1 unspecified atom stereocenters. The number of aromatic nitrogens is 4. The van der Waals surface area contributed by atoms with Crippen LogP contribution in [-0.4, -0.2) is 49.0 Å². The molecular formula is C17H17N5O2. The Kier molecular flexibility index (Phi) is 3.42. The van der Waals surface area contributed by atoms with Crippen molar-refractivity contribution >= 4 is 5.91 Å². The van der Waals surface area contributed by atoms with E-state index in [0.29, 0.717) is 24.2 Å². The Morgan fingerprint density at radius 2 is 1.96 bits per heavy atom. The van der Waals surface area contributed by atoms with Gasteiger partial charge >= 0.3 is 0 Å². The van der Waals surface area contributed by atoms with Crippen LogP contribution in [0.2, 0.25) is 0 Å². The number of rotatable bonds is 3. The number of hydrogen-bond donors (Lipinski definition) is 2. The summed E-state index contributed by atoms with van der Waals surface area (Å²) < 4.78 is 1.98. The molecule has 1 aromatic carbocycles. The molecule has 0 spiro atoms. The topological polar surface area (TPSA) is 87.0 Å². The number of likely N-dealkylation sites (tertiary alicyclic amines) is 1. The molecule has 122 valence electrons. The summed E-state index contributed by atoms with van der Waals surface area (Å²) in [6.07, 6.45) is 5.86. The van der Waals surface area contributed by atoms with Crippen molar-refractivity contribution in [2.45, 2.75) is 12.0 Å². The number of aromatic amines is 1. The van der Waals surface area contributed by atoms with Gasteiger partial charge in [-0.05, 0) is 36.4 Å². The molecule has 1 aliphatic heterocycles. The lowest BCUT2D eigenvalue weighted by Crippen LogP contribution is -2.34. The van der Waals surface area contributed by atoms with Gasteiger partial charge in [0.05, 0.1) is 12.7 Å². The monoisotopic (exact) mass is 323 g/mol.